The summed E-state index contributed by atoms with van der Waals surface area (Å²) >= 11 is 1.49. The molecule has 110 valence electrons. The van der Waals surface area contributed by atoms with E-state index in [1.807, 2.05) is 13.0 Å². The first-order valence-corrected chi connectivity index (χ1v) is 8.59. The predicted octanol–water partition coefficient (Wildman–Crippen LogP) is 2.01. The van der Waals surface area contributed by atoms with Gasteiger partial charge in [0, 0.05) is 17.3 Å². The van der Waals surface area contributed by atoms with Crippen LogP contribution in [0, 0.1) is 11.3 Å². The van der Waals surface area contributed by atoms with E-state index in [0.717, 1.165) is 16.3 Å². The quantitative estimate of drug-likeness (QED) is 0.908. The van der Waals surface area contributed by atoms with Crippen molar-refractivity contribution in [3.05, 3.63) is 40.1 Å². The topological polar surface area (TPSA) is 95.7 Å². The molecule has 21 heavy (non-hydrogen) atoms. The van der Waals surface area contributed by atoms with Gasteiger partial charge >= 0.3 is 0 Å². The molecule has 0 fully saturated rings. The molecule has 2 rings (SSSR count). The molecule has 8 heteroatoms. The molecular weight excluding hydrogens is 308 g/mol. The maximum Gasteiger partial charge on any atom is 0.242 e. The van der Waals surface area contributed by atoms with Crippen LogP contribution < -0.4 is 4.72 Å². The Morgan fingerprint density at radius 3 is 2.67 bits per heavy atom. The Morgan fingerprint density at radius 2 is 2.14 bits per heavy atom. The number of pyridine rings is 1. The van der Waals surface area contributed by atoms with Crippen LogP contribution in [-0.4, -0.2) is 18.4 Å². The number of hydrogen-bond acceptors (Lipinski definition) is 6. The summed E-state index contributed by atoms with van der Waals surface area (Å²) in [7, 11) is -3.69. The van der Waals surface area contributed by atoms with Crippen LogP contribution >= 0.6 is 11.3 Å². The number of nitriles is 1. The largest absolute Gasteiger partial charge is 0.248 e. The number of sulfonamides is 1. The summed E-state index contributed by atoms with van der Waals surface area (Å²) in [5.74, 6) is 0. The normalized spacial score (nSPS) is 12.8. The molecule has 0 aliphatic heterocycles. The van der Waals surface area contributed by atoms with Gasteiger partial charge < -0.3 is 0 Å². The van der Waals surface area contributed by atoms with Crippen molar-refractivity contribution >= 4 is 21.4 Å². The highest BCUT2D eigenvalue weighted by Crippen LogP contribution is 2.22. The number of hydrogen-bond donors (Lipinski definition) is 1. The number of rotatable bonds is 5. The van der Waals surface area contributed by atoms with Crippen molar-refractivity contribution in [1.29, 1.82) is 5.26 Å². The molecule has 0 aliphatic rings. The fourth-order valence-corrected chi connectivity index (χ4v) is 3.73. The molecule has 6 nitrogen and oxygen atoms in total. The zero-order chi connectivity index (χ0) is 15.5. The summed E-state index contributed by atoms with van der Waals surface area (Å²) in [5.41, 5.74) is 0.175. The van der Waals surface area contributed by atoms with E-state index in [-0.39, 0.29) is 10.6 Å². The van der Waals surface area contributed by atoms with Gasteiger partial charge in [-0.3, -0.25) is 0 Å². The lowest BCUT2D eigenvalue weighted by molar-refractivity contribution is 0.566. The van der Waals surface area contributed by atoms with Gasteiger partial charge in [-0.15, -0.1) is 11.3 Å². The standard InChI is InChI=1S/C13H14N4O2S2/c1-3-11-7-16-13(20-11)9(2)17-21(18,19)12-5-4-10(6-14)15-8-12/h4-5,7-9,17H,3H2,1-2H3. The first kappa shape index (κ1) is 15.6. The number of nitrogens with zero attached hydrogens (tertiary/aromatic N) is 3. The van der Waals surface area contributed by atoms with E-state index in [4.69, 9.17) is 5.26 Å². The lowest BCUT2D eigenvalue weighted by Gasteiger charge is -2.11. The summed E-state index contributed by atoms with van der Waals surface area (Å²) in [5, 5.41) is 9.39. The Morgan fingerprint density at radius 1 is 1.38 bits per heavy atom. The first-order chi connectivity index (χ1) is 9.96. The number of nitrogens with one attached hydrogen (secondary N) is 1. The third-order valence-electron chi connectivity index (χ3n) is 2.78. The van der Waals surface area contributed by atoms with Crippen molar-refractivity contribution in [2.75, 3.05) is 0 Å². The summed E-state index contributed by atoms with van der Waals surface area (Å²) in [6.45, 7) is 3.77. The van der Waals surface area contributed by atoms with Gasteiger partial charge in [0.2, 0.25) is 10.0 Å². The van der Waals surface area contributed by atoms with Gasteiger partial charge in [0.25, 0.3) is 0 Å². The average molecular weight is 322 g/mol. The zero-order valence-corrected chi connectivity index (χ0v) is 13.2. The maximum absolute atomic E-state index is 12.2. The Balaban J connectivity index is 2.18. The fraction of sp³-hybridized carbons (Fsp3) is 0.308. The van der Waals surface area contributed by atoms with Crippen molar-refractivity contribution in [3.8, 4) is 6.07 Å². The molecule has 0 spiro atoms. The Labute approximate surface area is 127 Å². The average Bonchev–Trinajstić information content (AvgIpc) is 2.96. The van der Waals surface area contributed by atoms with Gasteiger partial charge in [-0.25, -0.2) is 23.1 Å². The number of thiazole rings is 1. The molecule has 1 N–H and O–H groups in total. The highest BCUT2D eigenvalue weighted by Gasteiger charge is 2.20. The minimum atomic E-state index is -3.69. The minimum absolute atomic E-state index is 0.0284. The van der Waals surface area contributed by atoms with E-state index in [2.05, 4.69) is 14.7 Å². The van der Waals surface area contributed by atoms with Crippen molar-refractivity contribution in [2.24, 2.45) is 0 Å². The molecule has 0 amide bonds. The number of aryl methyl sites for hydroxylation is 1. The van der Waals surface area contributed by atoms with Crippen LogP contribution in [0.4, 0.5) is 0 Å². The lowest BCUT2D eigenvalue weighted by Crippen LogP contribution is -2.26. The van der Waals surface area contributed by atoms with Crippen LogP contribution in [0.2, 0.25) is 0 Å². The Hall–Kier alpha value is -1.82. The molecule has 0 aromatic carbocycles. The number of aromatic nitrogens is 2. The Kier molecular flexibility index (Phi) is 4.67. The highest BCUT2D eigenvalue weighted by molar-refractivity contribution is 7.89. The van der Waals surface area contributed by atoms with Crippen LogP contribution in [0.1, 0.15) is 35.5 Å². The minimum Gasteiger partial charge on any atom is -0.248 e. The molecule has 1 unspecified atom stereocenters. The molecule has 0 bridgehead atoms. The van der Waals surface area contributed by atoms with Crippen molar-refractivity contribution in [3.63, 3.8) is 0 Å². The highest BCUT2D eigenvalue weighted by atomic mass is 32.2. The molecule has 0 saturated carbocycles. The molecular formula is C13H14N4O2S2. The Bertz CT molecular complexity index is 760. The van der Waals surface area contributed by atoms with Crippen LogP contribution in [0.15, 0.2) is 29.4 Å². The molecule has 0 radical (unpaired) electrons. The third kappa shape index (κ3) is 3.64. The van der Waals surface area contributed by atoms with E-state index >= 15 is 0 Å². The molecule has 0 aliphatic carbocycles. The third-order valence-corrected chi connectivity index (χ3v) is 5.63. The van der Waals surface area contributed by atoms with E-state index in [9.17, 15) is 8.42 Å². The van der Waals surface area contributed by atoms with Gasteiger partial charge in [0.1, 0.15) is 21.7 Å². The molecule has 0 saturated heterocycles. The van der Waals surface area contributed by atoms with Gasteiger partial charge in [-0.1, -0.05) is 6.92 Å². The fourth-order valence-electron chi connectivity index (χ4n) is 1.64. The summed E-state index contributed by atoms with van der Waals surface area (Å²) in [4.78, 5) is 9.13. The van der Waals surface area contributed by atoms with Crippen molar-refractivity contribution < 1.29 is 8.42 Å². The summed E-state index contributed by atoms with van der Waals surface area (Å²) in [6, 6.07) is 4.16. The molecule has 2 heterocycles. The SMILES string of the molecule is CCc1cnc(C(C)NS(=O)(=O)c2ccc(C#N)nc2)s1. The van der Waals surface area contributed by atoms with Crippen molar-refractivity contribution in [2.45, 2.75) is 31.2 Å². The van der Waals surface area contributed by atoms with Gasteiger partial charge in [-0.05, 0) is 25.5 Å². The van der Waals surface area contributed by atoms with E-state index in [1.54, 1.807) is 13.1 Å². The van der Waals surface area contributed by atoms with Crippen LogP contribution in [0.5, 0.6) is 0 Å². The van der Waals surface area contributed by atoms with E-state index in [0.29, 0.717) is 0 Å². The summed E-state index contributed by atoms with van der Waals surface area (Å²) in [6.07, 6.45) is 3.80. The first-order valence-electron chi connectivity index (χ1n) is 6.29. The maximum atomic E-state index is 12.2. The van der Waals surface area contributed by atoms with Gasteiger partial charge in [0.15, 0.2) is 0 Å². The second kappa shape index (κ2) is 6.30. The van der Waals surface area contributed by atoms with Gasteiger partial charge in [0.05, 0.1) is 6.04 Å². The van der Waals surface area contributed by atoms with E-state index in [1.165, 1.54) is 29.7 Å². The lowest BCUT2D eigenvalue weighted by atomic mass is 10.4. The smallest absolute Gasteiger partial charge is 0.242 e. The van der Waals surface area contributed by atoms with Crippen LogP contribution in [-0.2, 0) is 16.4 Å². The van der Waals surface area contributed by atoms with Crippen LogP contribution in [0.3, 0.4) is 0 Å². The van der Waals surface area contributed by atoms with Crippen molar-refractivity contribution in [1.82, 2.24) is 14.7 Å². The van der Waals surface area contributed by atoms with E-state index < -0.39 is 16.1 Å². The van der Waals surface area contributed by atoms with Crippen LogP contribution in [0.25, 0.3) is 0 Å². The second-order valence-electron chi connectivity index (χ2n) is 4.35. The predicted molar refractivity (Wildman–Crippen MR) is 79.2 cm³/mol. The zero-order valence-electron chi connectivity index (χ0n) is 11.6. The van der Waals surface area contributed by atoms with Gasteiger partial charge in [-0.2, -0.15) is 5.26 Å². The monoisotopic (exact) mass is 322 g/mol. The molecule has 2 aromatic heterocycles. The molecule has 2 aromatic rings. The second-order valence-corrected chi connectivity index (χ2v) is 7.21. The summed E-state index contributed by atoms with van der Waals surface area (Å²) < 4.78 is 27.0. The molecule has 1 atom stereocenters.